The van der Waals surface area contributed by atoms with E-state index in [1.165, 1.54) is 0 Å². The number of carbonyl (C=O) groups excluding carboxylic acids is 1. The quantitative estimate of drug-likeness (QED) is 0.265. The lowest BCUT2D eigenvalue weighted by molar-refractivity contribution is 0.0677. The van der Waals surface area contributed by atoms with Gasteiger partial charge >= 0.3 is 0 Å². The van der Waals surface area contributed by atoms with E-state index < -0.39 is 6.04 Å². The van der Waals surface area contributed by atoms with Gasteiger partial charge in [0.25, 0.3) is 11.5 Å². The zero-order valence-electron chi connectivity index (χ0n) is 20.8. The topological polar surface area (TPSA) is 55.2 Å². The van der Waals surface area contributed by atoms with Crippen LogP contribution in [0.3, 0.4) is 0 Å². The summed E-state index contributed by atoms with van der Waals surface area (Å²) in [5.74, 6) is 0.518. The Morgan fingerprint density at radius 3 is 2.31 bits per heavy atom. The van der Waals surface area contributed by atoms with Crippen molar-refractivity contribution in [3.05, 3.63) is 106 Å². The van der Waals surface area contributed by atoms with Crippen LogP contribution in [0.25, 0.3) is 16.6 Å². The molecule has 1 amide bonds. The van der Waals surface area contributed by atoms with Gasteiger partial charge in [-0.1, -0.05) is 74.2 Å². The Hall–Kier alpha value is -3.73. The maximum atomic E-state index is 13.7. The van der Waals surface area contributed by atoms with E-state index >= 15 is 0 Å². The molecule has 4 rings (SSSR count). The van der Waals surface area contributed by atoms with Crippen LogP contribution in [0.5, 0.6) is 0 Å². The predicted molar refractivity (Wildman–Crippen MR) is 142 cm³/mol. The van der Waals surface area contributed by atoms with Crippen LogP contribution in [-0.2, 0) is 0 Å². The minimum atomic E-state index is -0.400. The summed E-state index contributed by atoms with van der Waals surface area (Å²) in [6.07, 6.45) is 4.21. The van der Waals surface area contributed by atoms with E-state index in [0.29, 0.717) is 28.8 Å². The third-order valence-corrected chi connectivity index (χ3v) is 6.47. The van der Waals surface area contributed by atoms with Crippen molar-refractivity contribution in [3.63, 3.8) is 0 Å². The molecule has 1 unspecified atom stereocenters. The highest BCUT2D eigenvalue weighted by Gasteiger charge is 2.27. The van der Waals surface area contributed by atoms with Gasteiger partial charge in [0.1, 0.15) is 5.82 Å². The number of unbranched alkanes of at least 4 members (excludes halogenated alkanes) is 3. The van der Waals surface area contributed by atoms with Gasteiger partial charge < -0.3 is 4.90 Å². The van der Waals surface area contributed by atoms with Crippen LogP contribution in [0.2, 0.25) is 0 Å². The summed E-state index contributed by atoms with van der Waals surface area (Å²) in [5, 5.41) is 0.563. The van der Waals surface area contributed by atoms with Gasteiger partial charge in [-0.2, -0.15) is 0 Å². The Bertz CT molecular complexity index is 1340. The van der Waals surface area contributed by atoms with Crippen LogP contribution in [0.15, 0.2) is 83.7 Å². The molecule has 4 aromatic rings. The minimum Gasteiger partial charge on any atom is -0.329 e. The molecule has 0 aliphatic rings. The summed E-state index contributed by atoms with van der Waals surface area (Å²) in [7, 11) is 0. The van der Waals surface area contributed by atoms with Gasteiger partial charge in [-0.25, -0.2) is 4.98 Å². The molecule has 180 valence electrons. The van der Waals surface area contributed by atoms with E-state index in [9.17, 15) is 9.59 Å². The van der Waals surface area contributed by atoms with Crippen molar-refractivity contribution in [1.29, 1.82) is 0 Å². The zero-order valence-corrected chi connectivity index (χ0v) is 20.8. The maximum Gasteiger partial charge on any atom is 0.266 e. The number of nitrogens with zero attached hydrogens (tertiary/aromatic N) is 3. The van der Waals surface area contributed by atoms with Crippen LogP contribution in [-0.4, -0.2) is 26.9 Å². The van der Waals surface area contributed by atoms with Gasteiger partial charge in [-0.05, 0) is 56.7 Å². The molecule has 5 heteroatoms. The van der Waals surface area contributed by atoms with Gasteiger partial charge in [0.2, 0.25) is 0 Å². The highest BCUT2D eigenvalue weighted by molar-refractivity contribution is 5.94. The van der Waals surface area contributed by atoms with Gasteiger partial charge in [-0.3, -0.25) is 14.2 Å². The predicted octanol–water partition coefficient (Wildman–Crippen LogP) is 6.48. The summed E-state index contributed by atoms with van der Waals surface area (Å²) in [6, 6.07) is 24.2. The lowest BCUT2D eigenvalue weighted by Crippen LogP contribution is -2.38. The molecule has 0 N–H and O–H groups in total. The van der Waals surface area contributed by atoms with Crippen molar-refractivity contribution >= 4 is 16.8 Å². The average molecular weight is 468 g/mol. The molecule has 35 heavy (non-hydrogen) atoms. The molecule has 1 atom stereocenters. The van der Waals surface area contributed by atoms with Crippen molar-refractivity contribution in [1.82, 2.24) is 14.5 Å². The van der Waals surface area contributed by atoms with Crippen LogP contribution < -0.4 is 5.56 Å². The number of carbonyl (C=O) groups is 1. The van der Waals surface area contributed by atoms with E-state index in [2.05, 4.69) is 6.92 Å². The van der Waals surface area contributed by atoms with Gasteiger partial charge in [0.05, 0.1) is 22.6 Å². The molecule has 0 saturated carbocycles. The van der Waals surface area contributed by atoms with Gasteiger partial charge in [0, 0.05) is 12.1 Å². The second-order valence-corrected chi connectivity index (χ2v) is 9.06. The molecular formula is C30H33N3O2. The summed E-state index contributed by atoms with van der Waals surface area (Å²) in [4.78, 5) is 34.2. The van der Waals surface area contributed by atoms with Crippen LogP contribution >= 0.6 is 0 Å². The second-order valence-electron chi connectivity index (χ2n) is 9.06. The van der Waals surface area contributed by atoms with Crippen molar-refractivity contribution < 1.29 is 4.79 Å². The number of para-hydroxylation sites is 1. The molecule has 1 aromatic heterocycles. The van der Waals surface area contributed by atoms with E-state index in [-0.39, 0.29) is 11.5 Å². The number of aromatic nitrogens is 2. The number of hydrogen-bond acceptors (Lipinski definition) is 3. The first-order valence-corrected chi connectivity index (χ1v) is 12.5. The lowest BCUT2D eigenvalue weighted by Gasteiger charge is -2.31. The van der Waals surface area contributed by atoms with E-state index in [1.54, 1.807) is 10.6 Å². The molecule has 0 aliphatic heterocycles. The first kappa shape index (κ1) is 24.4. The van der Waals surface area contributed by atoms with Crippen molar-refractivity contribution in [3.8, 4) is 5.69 Å². The third kappa shape index (κ3) is 5.35. The normalized spacial score (nSPS) is 12.0. The monoisotopic (exact) mass is 467 g/mol. The highest BCUT2D eigenvalue weighted by Crippen LogP contribution is 2.25. The lowest BCUT2D eigenvalue weighted by atomic mass is 10.1. The fourth-order valence-electron chi connectivity index (χ4n) is 4.44. The molecule has 3 aromatic carbocycles. The van der Waals surface area contributed by atoms with E-state index in [4.69, 9.17) is 4.98 Å². The Morgan fingerprint density at radius 2 is 1.60 bits per heavy atom. The van der Waals surface area contributed by atoms with E-state index in [0.717, 1.165) is 36.9 Å². The molecular weight excluding hydrogens is 434 g/mol. The van der Waals surface area contributed by atoms with Crippen LogP contribution in [0.1, 0.15) is 67.3 Å². The van der Waals surface area contributed by atoms with Crippen molar-refractivity contribution in [2.75, 3.05) is 6.54 Å². The summed E-state index contributed by atoms with van der Waals surface area (Å²) in [6.45, 7) is 6.77. The smallest absolute Gasteiger partial charge is 0.266 e. The molecule has 5 nitrogen and oxygen atoms in total. The van der Waals surface area contributed by atoms with Crippen LogP contribution in [0, 0.1) is 6.92 Å². The number of aryl methyl sites for hydroxylation is 1. The SMILES string of the molecule is CCCCCCN(C(=O)c1ccccc1)C(C)c1nc2ccccc2c(=O)n1-c1ccc(C)cc1. The molecule has 1 heterocycles. The Kier molecular flexibility index (Phi) is 7.76. The largest absolute Gasteiger partial charge is 0.329 e. The van der Waals surface area contributed by atoms with Crippen LogP contribution in [0.4, 0.5) is 0 Å². The Balaban J connectivity index is 1.84. The van der Waals surface area contributed by atoms with E-state index in [1.807, 2.05) is 91.5 Å². The number of rotatable bonds is 9. The highest BCUT2D eigenvalue weighted by atomic mass is 16.2. The zero-order chi connectivity index (χ0) is 24.8. The Morgan fingerprint density at radius 1 is 0.914 bits per heavy atom. The molecule has 0 saturated heterocycles. The molecule has 0 fully saturated rings. The number of benzene rings is 3. The van der Waals surface area contributed by atoms with Gasteiger partial charge in [-0.15, -0.1) is 0 Å². The fourth-order valence-corrected chi connectivity index (χ4v) is 4.44. The maximum absolute atomic E-state index is 13.7. The first-order chi connectivity index (χ1) is 17.0. The number of fused-ring (bicyclic) bond motifs is 1. The number of hydrogen-bond donors (Lipinski definition) is 0. The molecule has 0 bridgehead atoms. The second kappa shape index (κ2) is 11.1. The van der Waals surface area contributed by atoms with Crippen molar-refractivity contribution in [2.24, 2.45) is 0 Å². The van der Waals surface area contributed by atoms with Gasteiger partial charge in [0.15, 0.2) is 0 Å². The Labute approximate surface area is 207 Å². The third-order valence-electron chi connectivity index (χ3n) is 6.47. The summed E-state index contributed by atoms with van der Waals surface area (Å²) >= 11 is 0. The molecule has 0 aliphatic carbocycles. The summed E-state index contributed by atoms with van der Waals surface area (Å²) in [5.41, 5.74) is 3.01. The summed E-state index contributed by atoms with van der Waals surface area (Å²) < 4.78 is 1.67. The average Bonchev–Trinajstić information content (AvgIpc) is 2.89. The molecule has 0 radical (unpaired) electrons. The minimum absolute atomic E-state index is 0.0486. The first-order valence-electron chi connectivity index (χ1n) is 12.5. The standard InChI is InChI=1S/C30H33N3O2/c1-4-5-6-12-21-32(29(34)24-13-8-7-9-14-24)23(3)28-31-27-16-11-10-15-26(27)30(35)33(28)25-19-17-22(2)18-20-25/h7-11,13-20,23H,4-6,12,21H2,1-3H3. The fraction of sp³-hybridized carbons (Fsp3) is 0.300. The van der Waals surface area contributed by atoms with Crippen molar-refractivity contribution in [2.45, 2.75) is 52.5 Å². The molecule has 0 spiro atoms. The number of amides is 1.